The van der Waals surface area contributed by atoms with Crippen molar-refractivity contribution in [3.8, 4) is 0 Å². The zero-order valence-corrected chi connectivity index (χ0v) is 11.3. The van der Waals surface area contributed by atoms with Crippen LogP contribution in [0.25, 0.3) is 0 Å². The van der Waals surface area contributed by atoms with E-state index in [4.69, 9.17) is 17.3 Å². The summed E-state index contributed by atoms with van der Waals surface area (Å²) < 4.78 is 0. The van der Waals surface area contributed by atoms with Crippen molar-refractivity contribution in [3.05, 3.63) is 22.7 Å². The molecule has 0 aromatic heterocycles. The average molecular weight is 254 g/mol. The van der Waals surface area contributed by atoms with Crippen LogP contribution in [-0.2, 0) is 6.42 Å². The summed E-state index contributed by atoms with van der Waals surface area (Å²) in [5, 5.41) is 0.784. The van der Waals surface area contributed by atoms with Crippen LogP contribution in [0.3, 0.4) is 0 Å². The van der Waals surface area contributed by atoms with Crippen LogP contribution in [0.2, 0.25) is 5.02 Å². The number of aryl methyl sites for hydroxylation is 1. The number of nitrogens with two attached hydrogens (primary N) is 1. The van der Waals surface area contributed by atoms with E-state index in [1.54, 1.807) is 0 Å². The molecule has 2 N–H and O–H groups in total. The van der Waals surface area contributed by atoms with E-state index >= 15 is 0 Å². The van der Waals surface area contributed by atoms with E-state index in [-0.39, 0.29) is 0 Å². The van der Waals surface area contributed by atoms with Crippen molar-refractivity contribution in [1.82, 2.24) is 4.90 Å². The van der Waals surface area contributed by atoms with E-state index in [9.17, 15) is 0 Å². The van der Waals surface area contributed by atoms with Gasteiger partial charge in [-0.3, -0.25) is 0 Å². The standard InChI is InChI=1S/C13H20ClN3/c1-3-10-8-11(15)9-12(14)13(10)17-6-4-16(2)5-7-17/h8-9H,3-7,15H2,1-2H3. The first kappa shape index (κ1) is 12.5. The number of likely N-dealkylation sites (N-methyl/N-ethyl adjacent to an activating group) is 1. The van der Waals surface area contributed by atoms with Crippen molar-refractivity contribution in [3.63, 3.8) is 0 Å². The first-order valence-corrected chi connectivity index (χ1v) is 6.51. The van der Waals surface area contributed by atoms with Gasteiger partial charge in [-0.2, -0.15) is 0 Å². The third kappa shape index (κ3) is 2.67. The first-order valence-electron chi connectivity index (χ1n) is 6.13. The van der Waals surface area contributed by atoms with Gasteiger partial charge in [0.15, 0.2) is 0 Å². The molecule has 4 heteroatoms. The second-order valence-electron chi connectivity index (χ2n) is 4.65. The lowest BCUT2D eigenvalue weighted by atomic mass is 10.1. The second-order valence-corrected chi connectivity index (χ2v) is 5.06. The largest absolute Gasteiger partial charge is 0.399 e. The summed E-state index contributed by atoms with van der Waals surface area (Å²) in [5.41, 5.74) is 9.03. The molecule has 1 aliphatic heterocycles. The summed E-state index contributed by atoms with van der Waals surface area (Å²) in [4.78, 5) is 4.72. The number of nitrogen functional groups attached to an aromatic ring is 1. The fourth-order valence-electron chi connectivity index (χ4n) is 2.33. The number of rotatable bonds is 2. The highest BCUT2D eigenvalue weighted by Crippen LogP contribution is 2.33. The first-order chi connectivity index (χ1) is 8.11. The van der Waals surface area contributed by atoms with Crippen LogP contribution < -0.4 is 10.6 Å². The SMILES string of the molecule is CCc1cc(N)cc(Cl)c1N1CCN(C)CC1. The number of piperazine rings is 1. The van der Waals surface area contributed by atoms with Crippen molar-refractivity contribution in [1.29, 1.82) is 0 Å². The lowest BCUT2D eigenvalue weighted by Crippen LogP contribution is -2.45. The maximum atomic E-state index is 6.35. The van der Waals surface area contributed by atoms with Gasteiger partial charge < -0.3 is 15.5 Å². The van der Waals surface area contributed by atoms with Gasteiger partial charge >= 0.3 is 0 Å². The van der Waals surface area contributed by atoms with Crippen molar-refractivity contribution >= 4 is 23.0 Å². The summed E-state index contributed by atoms with van der Waals surface area (Å²) in [6.07, 6.45) is 0.965. The number of benzene rings is 1. The predicted octanol–water partition coefficient (Wildman–Crippen LogP) is 2.24. The molecule has 1 aromatic carbocycles. The normalized spacial score (nSPS) is 17.5. The minimum absolute atomic E-state index is 0.754. The van der Waals surface area contributed by atoms with E-state index in [0.717, 1.165) is 43.3 Å². The zero-order valence-electron chi connectivity index (χ0n) is 10.5. The Bertz CT molecular complexity index is 398. The monoisotopic (exact) mass is 253 g/mol. The molecule has 1 heterocycles. The Morgan fingerprint density at radius 2 is 1.88 bits per heavy atom. The van der Waals surface area contributed by atoms with Gasteiger partial charge in [-0.15, -0.1) is 0 Å². The van der Waals surface area contributed by atoms with E-state index in [1.807, 2.05) is 12.1 Å². The Morgan fingerprint density at radius 1 is 1.24 bits per heavy atom. The van der Waals surface area contributed by atoms with Crippen molar-refractivity contribution in [2.45, 2.75) is 13.3 Å². The molecule has 0 radical (unpaired) electrons. The van der Waals surface area contributed by atoms with Crippen LogP contribution in [0.1, 0.15) is 12.5 Å². The van der Waals surface area contributed by atoms with Crippen molar-refractivity contribution in [2.75, 3.05) is 43.9 Å². The maximum Gasteiger partial charge on any atom is 0.0662 e. The molecule has 0 aliphatic carbocycles. The maximum absolute atomic E-state index is 6.35. The number of halogens is 1. The highest BCUT2D eigenvalue weighted by molar-refractivity contribution is 6.33. The molecule has 0 unspecified atom stereocenters. The van der Waals surface area contributed by atoms with Crippen molar-refractivity contribution in [2.24, 2.45) is 0 Å². The van der Waals surface area contributed by atoms with E-state index < -0.39 is 0 Å². The molecule has 2 rings (SSSR count). The second kappa shape index (κ2) is 5.15. The summed E-state index contributed by atoms with van der Waals surface area (Å²) in [6.45, 7) is 6.39. The molecule has 0 spiro atoms. The molecule has 17 heavy (non-hydrogen) atoms. The molecule has 0 atom stereocenters. The van der Waals surface area contributed by atoms with Gasteiger partial charge in [0, 0.05) is 31.9 Å². The summed E-state index contributed by atoms with van der Waals surface area (Å²) in [7, 11) is 2.16. The number of nitrogens with zero attached hydrogens (tertiary/aromatic N) is 2. The molecule has 0 amide bonds. The molecule has 94 valence electrons. The molecule has 1 aromatic rings. The fourth-order valence-corrected chi connectivity index (χ4v) is 2.70. The van der Waals surface area contributed by atoms with Gasteiger partial charge in [0.05, 0.1) is 10.7 Å². The van der Waals surface area contributed by atoms with Crippen LogP contribution in [0.4, 0.5) is 11.4 Å². The molecular formula is C13H20ClN3. The lowest BCUT2D eigenvalue weighted by Gasteiger charge is -2.35. The number of hydrogen-bond donors (Lipinski definition) is 1. The third-order valence-electron chi connectivity index (χ3n) is 3.37. The van der Waals surface area contributed by atoms with Gasteiger partial charge in [0.2, 0.25) is 0 Å². The predicted molar refractivity (Wildman–Crippen MR) is 75.0 cm³/mol. The summed E-state index contributed by atoms with van der Waals surface area (Å²) >= 11 is 6.35. The van der Waals surface area contributed by atoms with E-state index in [0.29, 0.717) is 0 Å². The van der Waals surface area contributed by atoms with E-state index in [1.165, 1.54) is 11.3 Å². The number of anilines is 2. The summed E-state index contributed by atoms with van der Waals surface area (Å²) in [5.74, 6) is 0. The minimum atomic E-state index is 0.754. The molecule has 0 saturated carbocycles. The molecule has 1 aliphatic rings. The summed E-state index contributed by atoms with van der Waals surface area (Å²) in [6, 6.07) is 3.90. The highest BCUT2D eigenvalue weighted by Gasteiger charge is 2.19. The quantitative estimate of drug-likeness (QED) is 0.821. The molecule has 3 nitrogen and oxygen atoms in total. The molecule has 1 fully saturated rings. The van der Waals surface area contributed by atoms with Gasteiger partial charge in [0.25, 0.3) is 0 Å². The third-order valence-corrected chi connectivity index (χ3v) is 3.65. The van der Waals surface area contributed by atoms with Crippen molar-refractivity contribution < 1.29 is 0 Å². The average Bonchev–Trinajstić information content (AvgIpc) is 2.30. The Hall–Kier alpha value is -0.930. The Morgan fingerprint density at radius 3 is 2.47 bits per heavy atom. The highest BCUT2D eigenvalue weighted by atomic mass is 35.5. The zero-order chi connectivity index (χ0) is 12.4. The topological polar surface area (TPSA) is 32.5 Å². The van der Waals surface area contributed by atoms with Crippen LogP contribution in [0.15, 0.2) is 12.1 Å². The molecule has 1 saturated heterocycles. The molecular weight excluding hydrogens is 234 g/mol. The Balaban J connectivity index is 2.31. The van der Waals surface area contributed by atoms with Crippen LogP contribution in [-0.4, -0.2) is 38.1 Å². The van der Waals surface area contributed by atoms with Crippen LogP contribution in [0, 0.1) is 0 Å². The molecule has 0 bridgehead atoms. The lowest BCUT2D eigenvalue weighted by molar-refractivity contribution is 0.312. The van der Waals surface area contributed by atoms with Gasteiger partial charge in [0.1, 0.15) is 0 Å². The van der Waals surface area contributed by atoms with Crippen LogP contribution >= 0.6 is 11.6 Å². The van der Waals surface area contributed by atoms with Gasteiger partial charge in [-0.1, -0.05) is 18.5 Å². The minimum Gasteiger partial charge on any atom is -0.399 e. The smallest absolute Gasteiger partial charge is 0.0662 e. The van der Waals surface area contributed by atoms with Gasteiger partial charge in [-0.05, 0) is 31.2 Å². The Kier molecular flexibility index (Phi) is 3.79. The Labute approximate surface area is 108 Å². The van der Waals surface area contributed by atoms with E-state index in [2.05, 4.69) is 23.8 Å². The number of hydrogen-bond acceptors (Lipinski definition) is 3. The van der Waals surface area contributed by atoms with Gasteiger partial charge in [-0.25, -0.2) is 0 Å². The van der Waals surface area contributed by atoms with Crippen LogP contribution in [0.5, 0.6) is 0 Å². The fraction of sp³-hybridized carbons (Fsp3) is 0.538.